The Balaban J connectivity index is 1.76. The van der Waals surface area contributed by atoms with Gasteiger partial charge in [0.25, 0.3) is 5.91 Å². The number of anilines is 1. The van der Waals surface area contributed by atoms with E-state index in [-0.39, 0.29) is 18.4 Å². The van der Waals surface area contributed by atoms with Crippen molar-refractivity contribution in [1.82, 2.24) is 10.6 Å². The molecular weight excluding hydrogens is 308 g/mol. The molecule has 1 aliphatic rings. The van der Waals surface area contributed by atoms with E-state index in [4.69, 9.17) is 5.73 Å². The molecule has 1 heterocycles. The molecule has 0 aliphatic carbocycles. The smallest absolute Gasteiger partial charge is 0.251 e. The summed E-state index contributed by atoms with van der Waals surface area (Å²) in [4.78, 5) is 34.4. The molecule has 130 valence electrons. The number of hydrogen-bond acceptors (Lipinski definition) is 4. The van der Waals surface area contributed by atoms with Gasteiger partial charge in [-0.25, -0.2) is 0 Å². The lowest BCUT2D eigenvalue weighted by molar-refractivity contribution is -0.117. The minimum atomic E-state index is -0.596. The number of piperidine rings is 1. The molecule has 1 aliphatic heterocycles. The number of amides is 3. The van der Waals surface area contributed by atoms with E-state index < -0.39 is 5.91 Å². The molecule has 1 saturated heterocycles. The highest BCUT2D eigenvalue weighted by Crippen LogP contribution is 2.18. The van der Waals surface area contributed by atoms with Crippen molar-refractivity contribution in [2.45, 2.75) is 25.7 Å². The first kappa shape index (κ1) is 17.9. The van der Waals surface area contributed by atoms with Crippen LogP contribution in [0.25, 0.3) is 0 Å². The molecule has 1 aromatic rings. The van der Waals surface area contributed by atoms with Gasteiger partial charge in [0.15, 0.2) is 0 Å². The maximum absolute atomic E-state index is 12.0. The molecule has 1 aromatic carbocycles. The van der Waals surface area contributed by atoms with Crippen molar-refractivity contribution in [3.05, 3.63) is 29.8 Å². The van der Waals surface area contributed by atoms with Crippen LogP contribution in [0.4, 0.5) is 5.69 Å². The second kappa shape index (κ2) is 9.02. The van der Waals surface area contributed by atoms with Gasteiger partial charge in [-0.3, -0.25) is 14.4 Å². The first-order valence-corrected chi connectivity index (χ1v) is 8.21. The molecule has 24 heavy (non-hydrogen) atoms. The molecule has 3 amide bonds. The predicted octanol–water partition coefficient (Wildman–Crippen LogP) is 0.620. The van der Waals surface area contributed by atoms with Crippen molar-refractivity contribution in [3.8, 4) is 0 Å². The third-order valence-corrected chi connectivity index (χ3v) is 4.09. The third kappa shape index (κ3) is 6.00. The third-order valence-electron chi connectivity index (χ3n) is 4.09. The van der Waals surface area contributed by atoms with Crippen LogP contribution in [0.3, 0.4) is 0 Å². The number of carbonyl (C=O) groups excluding carboxylic acids is 3. The number of nitrogens with one attached hydrogen (secondary N) is 3. The van der Waals surface area contributed by atoms with Crippen LogP contribution >= 0.6 is 0 Å². The van der Waals surface area contributed by atoms with E-state index in [9.17, 15) is 14.4 Å². The van der Waals surface area contributed by atoms with Crippen molar-refractivity contribution in [2.75, 3.05) is 25.0 Å². The van der Waals surface area contributed by atoms with Crippen LogP contribution < -0.4 is 21.7 Å². The maximum atomic E-state index is 12.0. The zero-order chi connectivity index (χ0) is 17.4. The normalized spacial score (nSPS) is 14.8. The Morgan fingerprint density at radius 1 is 1.12 bits per heavy atom. The summed E-state index contributed by atoms with van der Waals surface area (Å²) in [7, 11) is 0. The van der Waals surface area contributed by atoms with Gasteiger partial charge < -0.3 is 21.7 Å². The van der Waals surface area contributed by atoms with E-state index in [1.165, 1.54) is 0 Å². The fourth-order valence-electron chi connectivity index (χ4n) is 2.70. The first-order chi connectivity index (χ1) is 11.5. The largest absolute Gasteiger partial charge is 0.368 e. The molecule has 0 atom stereocenters. The maximum Gasteiger partial charge on any atom is 0.251 e. The quantitative estimate of drug-likeness (QED) is 0.586. The molecule has 0 bridgehead atoms. The lowest BCUT2D eigenvalue weighted by Gasteiger charge is -2.22. The molecule has 0 radical (unpaired) electrons. The predicted molar refractivity (Wildman–Crippen MR) is 91.4 cm³/mol. The average Bonchev–Trinajstić information content (AvgIpc) is 2.59. The molecule has 5 N–H and O–H groups in total. The van der Waals surface area contributed by atoms with Crippen LogP contribution in [0.1, 0.15) is 36.0 Å². The second-order valence-electron chi connectivity index (χ2n) is 6.01. The van der Waals surface area contributed by atoms with E-state index in [1.54, 1.807) is 24.3 Å². The highest BCUT2D eigenvalue weighted by atomic mass is 16.2. The summed E-state index contributed by atoms with van der Waals surface area (Å²) < 4.78 is 0. The van der Waals surface area contributed by atoms with Crippen LogP contribution in [-0.2, 0) is 9.59 Å². The SMILES string of the molecule is NC(=O)CNC(=O)c1ccc(NC(=O)CCC2CCNCC2)cc1. The van der Waals surface area contributed by atoms with Crippen LogP contribution in [0, 0.1) is 5.92 Å². The zero-order valence-corrected chi connectivity index (χ0v) is 13.6. The summed E-state index contributed by atoms with van der Waals surface area (Å²) in [5.74, 6) is -0.369. The summed E-state index contributed by atoms with van der Waals surface area (Å²) in [5.41, 5.74) is 6.03. The van der Waals surface area contributed by atoms with Gasteiger partial charge in [-0.2, -0.15) is 0 Å². The number of rotatable bonds is 7. The molecule has 1 fully saturated rings. The van der Waals surface area contributed by atoms with E-state index in [1.807, 2.05) is 0 Å². The number of hydrogen-bond donors (Lipinski definition) is 4. The number of carbonyl (C=O) groups is 3. The Kier molecular flexibility index (Phi) is 6.74. The minimum absolute atomic E-state index is 0.0144. The number of benzene rings is 1. The Bertz CT molecular complexity index is 580. The van der Waals surface area contributed by atoms with Gasteiger partial charge >= 0.3 is 0 Å². The first-order valence-electron chi connectivity index (χ1n) is 8.21. The molecule has 0 unspecified atom stereocenters. The van der Waals surface area contributed by atoms with Gasteiger partial charge in [-0.1, -0.05) is 0 Å². The molecular formula is C17H24N4O3. The summed E-state index contributed by atoms with van der Waals surface area (Å²) in [5, 5.41) is 8.56. The van der Waals surface area contributed by atoms with Gasteiger partial charge in [0.1, 0.15) is 0 Å². The van der Waals surface area contributed by atoms with Gasteiger partial charge in [0.05, 0.1) is 6.54 Å². The lowest BCUT2D eigenvalue weighted by Crippen LogP contribution is -2.33. The molecule has 0 aromatic heterocycles. The minimum Gasteiger partial charge on any atom is -0.368 e. The lowest BCUT2D eigenvalue weighted by atomic mass is 9.93. The van der Waals surface area contributed by atoms with Crippen LogP contribution in [-0.4, -0.2) is 37.4 Å². The van der Waals surface area contributed by atoms with E-state index >= 15 is 0 Å². The number of nitrogens with two attached hydrogens (primary N) is 1. The van der Waals surface area contributed by atoms with E-state index in [2.05, 4.69) is 16.0 Å². The van der Waals surface area contributed by atoms with Crippen molar-refractivity contribution < 1.29 is 14.4 Å². The average molecular weight is 332 g/mol. The van der Waals surface area contributed by atoms with Gasteiger partial charge in [0, 0.05) is 17.7 Å². The molecule has 2 rings (SSSR count). The standard InChI is InChI=1S/C17H24N4O3/c18-15(22)11-20-17(24)13-2-4-14(5-3-13)21-16(23)6-1-12-7-9-19-10-8-12/h2-5,12,19H,1,6-11H2,(H2,18,22)(H,20,24)(H,21,23). The number of primary amides is 1. The Labute approximate surface area is 141 Å². The van der Waals surface area contributed by atoms with Crippen LogP contribution in [0.5, 0.6) is 0 Å². The van der Waals surface area contributed by atoms with E-state index in [0.29, 0.717) is 23.6 Å². The zero-order valence-electron chi connectivity index (χ0n) is 13.6. The Morgan fingerprint density at radius 2 is 1.79 bits per heavy atom. The molecule has 7 heteroatoms. The Morgan fingerprint density at radius 3 is 2.42 bits per heavy atom. The molecule has 0 saturated carbocycles. The highest BCUT2D eigenvalue weighted by molar-refractivity contribution is 5.97. The fourth-order valence-corrected chi connectivity index (χ4v) is 2.70. The van der Waals surface area contributed by atoms with Gasteiger partial charge in [-0.05, 0) is 62.5 Å². The topological polar surface area (TPSA) is 113 Å². The molecule has 7 nitrogen and oxygen atoms in total. The fraction of sp³-hybridized carbons (Fsp3) is 0.471. The summed E-state index contributed by atoms with van der Waals surface area (Å²) in [6.45, 7) is 1.87. The van der Waals surface area contributed by atoms with Crippen LogP contribution in [0.15, 0.2) is 24.3 Å². The molecule has 0 spiro atoms. The van der Waals surface area contributed by atoms with Crippen LogP contribution in [0.2, 0.25) is 0 Å². The van der Waals surface area contributed by atoms with Crippen molar-refractivity contribution >= 4 is 23.4 Å². The van der Waals surface area contributed by atoms with Crippen molar-refractivity contribution in [1.29, 1.82) is 0 Å². The van der Waals surface area contributed by atoms with Gasteiger partial charge in [0.2, 0.25) is 11.8 Å². The Hall–Kier alpha value is -2.41. The van der Waals surface area contributed by atoms with Crippen molar-refractivity contribution in [2.24, 2.45) is 11.7 Å². The summed E-state index contributed by atoms with van der Waals surface area (Å²) in [6.07, 6.45) is 3.66. The summed E-state index contributed by atoms with van der Waals surface area (Å²) in [6, 6.07) is 6.53. The second-order valence-corrected chi connectivity index (χ2v) is 6.01. The highest BCUT2D eigenvalue weighted by Gasteiger charge is 2.14. The summed E-state index contributed by atoms with van der Waals surface area (Å²) >= 11 is 0. The van der Waals surface area contributed by atoms with Gasteiger partial charge in [-0.15, -0.1) is 0 Å². The monoisotopic (exact) mass is 332 g/mol. The van der Waals surface area contributed by atoms with E-state index in [0.717, 1.165) is 32.4 Å². The van der Waals surface area contributed by atoms with Crippen molar-refractivity contribution in [3.63, 3.8) is 0 Å².